The van der Waals surface area contributed by atoms with Gasteiger partial charge in [-0.25, -0.2) is 8.78 Å². The maximum Gasteiger partial charge on any atom is 0.308 e. The van der Waals surface area contributed by atoms with Crippen LogP contribution in [0.4, 0.5) is 8.78 Å². The quantitative estimate of drug-likeness (QED) is 0.715. The second kappa shape index (κ2) is 9.66. The highest BCUT2D eigenvalue weighted by Crippen LogP contribution is 2.19. The summed E-state index contributed by atoms with van der Waals surface area (Å²) in [6.45, 7) is 2.99. The minimum absolute atomic E-state index is 0.0567. The molecule has 0 radical (unpaired) electrons. The zero-order valence-corrected chi connectivity index (χ0v) is 15.1. The zero-order chi connectivity index (χ0) is 19.8. The molecule has 5 nitrogen and oxygen atoms in total. The Hall–Kier alpha value is -2.96. The Morgan fingerprint density at radius 1 is 1.07 bits per heavy atom. The molecule has 1 amide bonds. The maximum atomic E-state index is 13.6. The summed E-state index contributed by atoms with van der Waals surface area (Å²) >= 11 is 0. The fourth-order valence-corrected chi connectivity index (χ4v) is 2.39. The Morgan fingerprint density at radius 2 is 1.78 bits per heavy atom. The van der Waals surface area contributed by atoms with E-state index < -0.39 is 36.2 Å². The Balaban J connectivity index is 2.01. The predicted molar refractivity (Wildman–Crippen MR) is 95.0 cm³/mol. The minimum atomic E-state index is -0.900. The fourth-order valence-electron chi connectivity index (χ4n) is 2.39. The van der Waals surface area contributed by atoms with Crippen LogP contribution >= 0.6 is 0 Å². The first-order chi connectivity index (χ1) is 12.8. The van der Waals surface area contributed by atoms with Gasteiger partial charge in [0.25, 0.3) is 5.91 Å². The maximum absolute atomic E-state index is 13.6. The number of benzene rings is 2. The lowest BCUT2D eigenvalue weighted by Gasteiger charge is -2.19. The number of carbonyl (C=O) groups excluding carboxylic acids is 2. The molecule has 1 unspecified atom stereocenters. The van der Waals surface area contributed by atoms with E-state index in [0.29, 0.717) is 6.07 Å². The van der Waals surface area contributed by atoms with Crippen molar-refractivity contribution in [3.63, 3.8) is 0 Å². The van der Waals surface area contributed by atoms with Crippen LogP contribution < -0.4 is 10.1 Å². The lowest BCUT2D eigenvalue weighted by Crippen LogP contribution is -2.34. The van der Waals surface area contributed by atoms with E-state index in [4.69, 9.17) is 9.47 Å². The van der Waals surface area contributed by atoms with Gasteiger partial charge in [-0.2, -0.15) is 0 Å². The van der Waals surface area contributed by atoms with Crippen molar-refractivity contribution < 1.29 is 27.8 Å². The number of hydrogen-bond donors (Lipinski definition) is 1. The van der Waals surface area contributed by atoms with E-state index in [1.54, 1.807) is 38.1 Å². The first-order valence-electron chi connectivity index (χ1n) is 8.46. The lowest BCUT2D eigenvalue weighted by molar-refractivity contribution is -0.148. The molecule has 0 aliphatic rings. The molecule has 27 heavy (non-hydrogen) atoms. The van der Waals surface area contributed by atoms with Crippen molar-refractivity contribution >= 4 is 11.9 Å². The number of rotatable bonds is 8. The number of hydrogen-bond acceptors (Lipinski definition) is 4. The first kappa shape index (κ1) is 20.4. The van der Waals surface area contributed by atoms with Crippen molar-refractivity contribution in [3.8, 4) is 5.75 Å². The highest BCUT2D eigenvalue weighted by Gasteiger charge is 2.20. The Kier molecular flexibility index (Phi) is 7.28. The van der Waals surface area contributed by atoms with Crippen molar-refractivity contribution in [2.24, 2.45) is 0 Å². The molecule has 0 bridgehead atoms. The molecule has 0 spiro atoms. The largest absolute Gasteiger partial charge is 0.481 e. The van der Waals surface area contributed by atoms with E-state index in [9.17, 15) is 18.4 Å². The molecule has 144 valence electrons. The average molecular weight is 377 g/mol. The van der Waals surface area contributed by atoms with Gasteiger partial charge < -0.3 is 14.8 Å². The molecule has 0 aliphatic heterocycles. The van der Waals surface area contributed by atoms with E-state index >= 15 is 0 Å². The van der Waals surface area contributed by atoms with Crippen molar-refractivity contribution in [1.29, 1.82) is 0 Å². The van der Waals surface area contributed by atoms with E-state index in [0.717, 1.165) is 17.7 Å². The summed E-state index contributed by atoms with van der Waals surface area (Å²) in [5.41, 5.74) is 0.722. The number of halogens is 2. The highest BCUT2D eigenvalue weighted by atomic mass is 19.1. The normalized spacial score (nSPS) is 11.7. The van der Waals surface area contributed by atoms with Crippen LogP contribution in [-0.2, 0) is 14.3 Å². The van der Waals surface area contributed by atoms with Crippen LogP contribution in [0.5, 0.6) is 5.75 Å². The summed E-state index contributed by atoms with van der Waals surface area (Å²) in [6.07, 6.45) is -0.326. The summed E-state index contributed by atoms with van der Waals surface area (Å²) in [6, 6.07) is 11.1. The molecule has 7 heteroatoms. The van der Waals surface area contributed by atoms with Gasteiger partial charge in [-0.05, 0) is 31.5 Å². The topological polar surface area (TPSA) is 64.6 Å². The van der Waals surface area contributed by atoms with Crippen LogP contribution in [0.1, 0.15) is 31.9 Å². The second-order valence-corrected chi connectivity index (χ2v) is 6.14. The van der Waals surface area contributed by atoms with Crippen molar-refractivity contribution in [2.75, 3.05) is 6.61 Å². The summed E-state index contributed by atoms with van der Waals surface area (Å²) < 4.78 is 36.7. The molecule has 1 N–H and O–H groups in total. The molecule has 0 aliphatic carbocycles. The minimum Gasteiger partial charge on any atom is -0.481 e. The van der Waals surface area contributed by atoms with E-state index in [1.165, 1.54) is 0 Å². The monoisotopic (exact) mass is 377 g/mol. The van der Waals surface area contributed by atoms with Crippen LogP contribution in [0, 0.1) is 11.6 Å². The summed E-state index contributed by atoms with van der Waals surface area (Å²) in [7, 11) is 0. The predicted octanol–water partition coefficient (Wildman–Crippen LogP) is 3.54. The van der Waals surface area contributed by atoms with Crippen LogP contribution in [0.25, 0.3) is 0 Å². The first-order valence-corrected chi connectivity index (χ1v) is 8.46. The summed E-state index contributed by atoms with van der Waals surface area (Å²) in [5, 5.41) is 2.68. The van der Waals surface area contributed by atoms with Gasteiger partial charge in [0.1, 0.15) is 5.82 Å². The van der Waals surface area contributed by atoms with Gasteiger partial charge >= 0.3 is 5.97 Å². The van der Waals surface area contributed by atoms with Gasteiger partial charge in [-0.3, -0.25) is 9.59 Å². The standard InChI is InChI=1S/C20H21F2NO4/c1-13(2)27-20(25)11-17(14-6-4-3-5-7-14)23-19(24)12-26-18-9-8-15(21)10-16(18)22/h3-10,13,17H,11-12H2,1-2H3,(H,23,24). The van der Waals surface area contributed by atoms with Crippen molar-refractivity contribution in [3.05, 3.63) is 65.7 Å². The van der Waals surface area contributed by atoms with Gasteiger partial charge in [0.2, 0.25) is 0 Å². The van der Waals surface area contributed by atoms with Crippen molar-refractivity contribution in [1.82, 2.24) is 5.32 Å². The number of ether oxygens (including phenoxy) is 2. The molecular formula is C20H21F2NO4. The average Bonchev–Trinajstić information content (AvgIpc) is 2.60. The molecular weight excluding hydrogens is 356 g/mol. The third-order valence-electron chi connectivity index (χ3n) is 3.53. The van der Waals surface area contributed by atoms with Gasteiger partial charge in [-0.1, -0.05) is 30.3 Å². The lowest BCUT2D eigenvalue weighted by atomic mass is 10.0. The van der Waals surface area contributed by atoms with Crippen LogP contribution in [0.15, 0.2) is 48.5 Å². The SMILES string of the molecule is CC(C)OC(=O)CC(NC(=O)COc1ccc(F)cc1F)c1ccccc1. The Morgan fingerprint density at radius 3 is 2.41 bits per heavy atom. The molecule has 0 saturated carbocycles. The van der Waals surface area contributed by atoms with Gasteiger partial charge in [-0.15, -0.1) is 0 Å². The van der Waals surface area contributed by atoms with Crippen LogP contribution in [0.2, 0.25) is 0 Å². The highest BCUT2D eigenvalue weighted by molar-refractivity contribution is 5.79. The number of nitrogens with one attached hydrogen (secondary N) is 1. The third-order valence-corrected chi connectivity index (χ3v) is 3.53. The molecule has 1 atom stereocenters. The van der Waals surface area contributed by atoms with Crippen LogP contribution in [0.3, 0.4) is 0 Å². The zero-order valence-electron chi connectivity index (χ0n) is 15.1. The third kappa shape index (κ3) is 6.69. The second-order valence-electron chi connectivity index (χ2n) is 6.14. The number of carbonyl (C=O) groups is 2. The molecule has 0 aromatic heterocycles. The molecule has 2 rings (SSSR count). The van der Waals surface area contributed by atoms with Crippen molar-refractivity contribution in [2.45, 2.75) is 32.4 Å². The van der Waals surface area contributed by atoms with E-state index in [-0.39, 0.29) is 18.3 Å². The van der Waals surface area contributed by atoms with Gasteiger partial charge in [0, 0.05) is 6.07 Å². The van der Waals surface area contributed by atoms with Gasteiger partial charge in [0.15, 0.2) is 18.2 Å². The number of amides is 1. The Labute approximate surface area is 156 Å². The van der Waals surface area contributed by atoms with E-state index in [2.05, 4.69) is 5.32 Å². The molecule has 0 saturated heterocycles. The van der Waals surface area contributed by atoms with Gasteiger partial charge in [0.05, 0.1) is 18.6 Å². The Bertz CT molecular complexity index is 781. The summed E-state index contributed by atoms with van der Waals surface area (Å²) in [5.74, 6) is -2.88. The fraction of sp³-hybridized carbons (Fsp3) is 0.300. The summed E-state index contributed by atoms with van der Waals surface area (Å²) in [4.78, 5) is 24.2. The van der Waals surface area contributed by atoms with E-state index in [1.807, 2.05) is 6.07 Å². The molecule has 2 aromatic rings. The smallest absolute Gasteiger partial charge is 0.308 e. The number of esters is 1. The molecule has 0 fully saturated rings. The molecule has 0 heterocycles. The van der Waals surface area contributed by atoms with Crippen LogP contribution in [-0.4, -0.2) is 24.6 Å². The molecule has 2 aromatic carbocycles.